The minimum absolute atomic E-state index is 0. The van der Waals surface area contributed by atoms with Gasteiger partial charge in [0.2, 0.25) is 5.71 Å². The first-order valence-corrected chi connectivity index (χ1v) is 13.1. The van der Waals surface area contributed by atoms with Crippen molar-refractivity contribution in [3.63, 3.8) is 0 Å². The first kappa shape index (κ1) is 28.4. The molecule has 5 nitrogen and oxygen atoms in total. The van der Waals surface area contributed by atoms with E-state index in [-0.39, 0.29) is 31.6 Å². The van der Waals surface area contributed by atoms with Crippen LogP contribution in [0.3, 0.4) is 0 Å². The second-order valence-corrected chi connectivity index (χ2v) is 10.4. The van der Waals surface area contributed by atoms with Gasteiger partial charge in [-0.15, -0.1) is 47.2 Å². The Labute approximate surface area is 244 Å². The van der Waals surface area contributed by atoms with Gasteiger partial charge >= 0.3 is 0 Å². The summed E-state index contributed by atoms with van der Waals surface area (Å²) < 4.78 is 7.38. The number of allylic oxidation sites excluding steroid dienone is 2. The fourth-order valence-electron chi connectivity index (χ4n) is 4.63. The number of benzene rings is 2. The number of thiophene rings is 1. The number of rotatable bonds is 3. The van der Waals surface area contributed by atoms with Crippen LogP contribution in [0.15, 0.2) is 76.9 Å². The summed E-state index contributed by atoms with van der Waals surface area (Å²) in [6.45, 7) is 9.15. The molecule has 4 aromatic heterocycles. The number of aryl methyl sites for hydroxylation is 3. The number of aliphatic hydroxyl groups excluding tert-OH is 1. The van der Waals surface area contributed by atoms with Gasteiger partial charge in [-0.05, 0) is 76.2 Å². The van der Waals surface area contributed by atoms with Gasteiger partial charge in [-0.3, -0.25) is 9.78 Å². The Balaban J connectivity index is 0.000000394. The molecule has 0 unspecified atom stereocenters. The summed E-state index contributed by atoms with van der Waals surface area (Å²) in [5, 5.41) is 10.6. The van der Waals surface area contributed by atoms with E-state index in [4.69, 9.17) is 14.5 Å². The van der Waals surface area contributed by atoms with Crippen LogP contribution in [0.1, 0.15) is 30.7 Å². The number of aromatic nitrogens is 2. The predicted octanol–water partition coefficient (Wildman–Crippen LogP) is 8.68. The van der Waals surface area contributed by atoms with Gasteiger partial charge in [0.15, 0.2) is 5.78 Å². The van der Waals surface area contributed by atoms with E-state index >= 15 is 0 Å². The quantitative estimate of drug-likeness (QED) is 0.113. The molecular weight excluding hydrogens is 685 g/mol. The van der Waals surface area contributed by atoms with Crippen molar-refractivity contribution in [1.29, 1.82) is 0 Å². The van der Waals surface area contributed by atoms with Gasteiger partial charge in [-0.2, -0.15) is 0 Å². The Morgan fingerprint density at radius 1 is 1.00 bits per heavy atom. The Hall–Kier alpha value is -3.64. The molecule has 0 amide bonds. The van der Waals surface area contributed by atoms with Crippen LogP contribution >= 0.6 is 11.3 Å². The molecule has 0 atom stereocenters. The van der Waals surface area contributed by atoms with Crippen LogP contribution in [0.4, 0.5) is 0 Å². The minimum atomic E-state index is -0.125. The molecule has 199 valence electrons. The van der Waals surface area contributed by atoms with Gasteiger partial charge in [0.25, 0.3) is 0 Å². The SMILES string of the molecule is CC(=O)/C=C(/C)O.Cc1ccc2c(n1)oc1c(C)c(-c3cc4nc(-c5[c-]cccc5)ccc4s3)c(C)cc12.[Ir]. The van der Waals surface area contributed by atoms with Gasteiger partial charge < -0.3 is 9.52 Å². The molecular formula is C32H27IrN2O3S-. The maximum atomic E-state index is 10.0. The van der Waals surface area contributed by atoms with Gasteiger partial charge in [0.1, 0.15) is 5.58 Å². The number of furan rings is 1. The van der Waals surface area contributed by atoms with Crippen LogP contribution in [0.2, 0.25) is 0 Å². The van der Waals surface area contributed by atoms with Crippen molar-refractivity contribution in [1.82, 2.24) is 9.97 Å². The zero-order chi connectivity index (χ0) is 27.0. The molecule has 0 aliphatic carbocycles. The Morgan fingerprint density at radius 2 is 1.79 bits per heavy atom. The zero-order valence-corrected chi connectivity index (χ0v) is 25.5. The molecule has 0 bridgehead atoms. The molecule has 0 fully saturated rings. The molecule has 39 heavy (non-hydrogen) atoms. The fraction of sp³-hybridized carbons (Fsp3) is 0.156. The molecule has 4 heterocycles. The molecule has 7 heteroatoms. The molecule has 1 N–H and O–H groups in total. The third-order valence-electron chi connectivity index (χ3n) is 6.22. The first-order valence-electron chi connectivity index (χ1n) is 12.3. The Bertz CT molecular complexity index is 1850. The molecule has 6 aromatic rings. The molecule has 1 radical (unpaired) electrons. The number of hydrogen-bond acceptors (Lipinski definition) is 6. The topological polar surface area (TPSA) is 76.2 Å². The van der Waals surface area contributed by atoms with E-state index < -0.39 is 0 Å². The number of hydrogen-bond donors (Lipinski definition) is 1. The number of ketones is 1. The number of carbonyl (C=O) groups excluding carboxylic acids is 1. The largest absolute Gasteiger partial charge is 0.512 e. The molecule has 0 spiro atoms. The van der Waals surface area contributed by atoms with Crippen molar-refractivity contribution in [2.45, 2.75) is 34.6 Å². The first-order chi connectivity index (χ1) is 18.2. The molecule has 0 aliphatic rings. The predicted molar refractivity (Wildman–Crippen MR) is 156 cm³/mol. The second-order valence-electron chi connectivity index (χ2n) is 9.34. The van der Waals surface area contributed by atoms with Gasteiger partial charge in [-0.1, -0.05) is 6.07 Å². The van der Waals surface area contributed by atoms with Gasteiger partial charge in [0.05, 0.1) is 16.0 Å². The van der Waals surface area contributed by atoms with E-state index in [1.165, 1.54) is 40.6 Å². The summed E-state index contributed by atoms with van der Waals surface area (Å²) in [6, 6.07) is 24.0. The average Bonchev–Trinajstić information content (AvgIpc) is 3.44. The number of fused-ring (bicyclic) bond motifs is 4. The van der Waals surface area contributed by atoms with Crippen LogP contribution in [0, 0.1) is 26.8 Å². The summed E-state index contributed by atoms with van der Waals surface area (Å²) in [5.41, 5.74) is 9.15. The van der Waals surface area contributed by atoms with Crippen molar-refractivity contribution >= 4 is 49.4 Å². The monoisotopic (exact) mass is 712 g/mol. The summed E-state index contributed by atoms with van der Waals surface area (Å²) in [7, 11) is 0. The summed E-state index contributed by atoms with van der Waals surface area (Å²) >= 11 is 1.77. The Kier molecular flexibility index (Phi) is 8.45. The summed E-state index contributed by atoms with van der Waals surface area (Å²) in [5.74, 6) is -0.0625. The van der Waals surface area contributed by atoms with Crippen molar-refractivity contribution in [2.24, 2.45) is 0 Å². The van der Waals surface area contributed by atoms with E-state index in [2.05, 4.69) is 55.2 Å². The van der Waals surface area contributed by atoms with E-state index in [9.17, 15) is 4.79 Å². The zero-order valence-electron chi connectivity index (χ0n) is 22.3. The normalized spacial score (nSPS) is 11.4. The number of pyridine rings is 2. The molecule has 6 rings (SSSR count). The third kappa shape index (κ3) is 5.86. The summed E-state index contributed by atoms with van der Waals surface area (Å²) in [4.78, 5) is 20.7. The van der Waals surface area contributed by atoms with E-state index in [0.29, 0.717) is 5.71 Å². The van der Waals surface area contributed by atoms with Crippen LogP contribution in [-0.2, 0) is 24.9 Å². The van der Waals surface area contributed by atoms with Crippen LogP contribution in [0.5, 0.6) is 0 Å². The average molecular weight is 712 g/mol. The minimum Gasteiger partial charge on any atom is -0.512 e. The van der Waals surface area contributed by atoms with Crippen molar-refractivity contribution < 1.29 is 34.4 Å². The maximum Gasteiger partial charge on any atom is 0.227 e. The smallest absolute Gasteiger partial charge is 0.227 e. The van der Waals surface area contributed by atoms with E-state index in [1.54, 1.807) is 11.3 Å². The van der Waals surface area contributed by atoms with E-state index in [1.807, 2.05) is 37.3 Å². The fourth-order valence-corrected chi connectivity index (χ4v) is 5.80. The van der Waals surface area contributed by atoms with Crippen molar-refractivity contribution in [3.05, 3.63) is 95.4 Å². The van der Waals surface area contributed by atoms with Crippen molar-refractivity contribution in [2.75, 3.05) is 0 Å². The number of aliphatic hydroxyl groups is 1. The van der Waals surface area contributed by atoms with Crippen molar-refractivity contribution in [3.8, 4) is 21.7 Å². The van der Waals surface area contributed by atoms with Crippen LogP contribution in [0.25, 0.3) is 54.0 Å². The molecule has 2 aromatic carbocycles. The second kappa shape index (κ2) is 11.6. The number of carbonyl (C=O) groups is 1. The molecule has 0 aliphatic heterocycles. The van der Waals surface area contributed by atoms with E-state index in [0.717, 1.165) is 44.4 Å². The Morgan fingerprint density at radius 3 is 2.46 bits per heavy atom. The van der Waals surface area contributed by atoms with Gasteiger partial charge in [-0.25, -0.2) is 4.98 Å². The van der Waals surface area contributed by atoms with Crippen LogP contribution in [-0.4, -0.2) is 20.9 Å². The van der Waals surface area contributed by atoms with Gasteiger partial charge in [0, 0.05) is 58.7 Å². The van der Waals surface area contributed by atoms with Crippen LogP contribution < -0.4 is 0 Å². The summed E-state index contributed by atoms with van der Waals surface area (Å²) in [6.07, 6.45) is 1.17. The number of nitrogens with zero attached hydrogens (tertiary/aromatic N) is 2. The molecule has 0 saturated carbocycles. The molecule has 0 saturated heterocycles. The standard InChI is InChI=1S/C27H19N2OS.C5H8O2.Ir/c1-15-13-20-19-10-9-16(2)28-27(19)30-26(20)17(3)25(15)24-14-22-23(31-24)12-11-21(29-22)18-7-5-4-6-8-18;1-4(6)3-5(2)7;/h4-7,9-14H,1-3H3;3,6H,1-2H3;/q-1;;/b;4-3-;. The maximum absolute atomic E-state index is 10.0. The third-order valence-corrected chi connectivity index (χ3v) is 7.33.